The minimum atomic E-state index is -3.80. The average molecular weight is 485 g/mol. The Hall–Kier alpha value is -1.47. The van der Waals surface area contributed by atoms with Crippen molar-refractivity contribution in [3.63, 3.8) is 0 Å². The molecule has 0 saturated heterocycles. The maximum atomic E-state index is 12.1. The fourth-order valence-corrected chi connectivity index (χ4v) is 2.81. The number of sulfonamides is 1. The van der Waals surface area contributed by atoms with Gasteiger partial charge >= 0.3 is 0 Å². The number of aliphatic imine (C=N–C) groups is 1. The van der Waals surface area contributed by atoms with E-state index in [1.54, 1.807) is 7.05 Å². The van der Waals surface area contributed by atoms with Crippen LogP contribution in [0, 0.1) is 16.0 Å². The van der Waals surface area contributed by atoms with Crippen molar-refractivity contribution < 1.29 is 13.3 Å². The summed E-state index contributed by atoms with van der Waals surface area (Å²) in [7, 11) is -2.17. The van der Waals surface area contributed by atoms with Crippen LogP contribution in [0.15, 0.2) is 34.2 Å². The molecule has 0 heterocycles. The van der Waals surface area contributed by atoms with Crippen LogP contribution in [0.25, 0.3) is 0 Å². The van der Waals surface area contributed by atoms with Gasteiger partial charge in [-0.15, -0.1) is 24.0 Å². The second-order valence-corrected chi connectivity index (χ2v) is 7.19. The molecule has 0 saturated carbocycles. The van der Waals surface area contributed by atoms with Crippen LogP contribution in [0.2, 0.25) is 0 Å². The third-order valence-electron chi connectivity index (χ3n) is 2.95. The Labute approximate surface area is 164 Å². The van der Waals surface area contributed by atoms with Crippen molar-refractivity contribution in [3.05, 3.63) is 34.4 Å². The molecule has 9 nitrogen and oxygen atoms in total. The van der Waals surface area contributed by atoms with Crippen molar-refractivity contribution >= 4 is 45.6 Å². The van der Waals surface area contributed by atoms with Crippen LogP contribution >= 0.6 is 24.0 Å². The van der Waals surface area contributed by atoms with Crippen molar-refractivity contribution in [1.82, 2.24) is 15.4 Å². The van der Waals surface area contributed by atoms with E-state index in [2.05, 4.69) is 34.2 Å². The van der Waals surface area contributed by atoms with Crippen LogP contribution in [0.1, 0.15) is 13.8 Å². The quantitative estimate of drug-likeness (QED) is 0.127. The lowest BCUT2D eigenvalue weighted by molar-refractivity contribution is -0.385. The summed E-state index contributed by atoms with van der Waals surface area (Å²) in [6.07, 6.45) is 0. The highest BCUT2D eigenvalue weighted by atomic mass is 127. The fraction of sp³-hybridized carbons (Fsp3) is 0.500. The van der Waals surface area contributed by atoms with Crippen molar-refractivity contribution in [2.45, 2.75) is 18.7 Å². The number of nitro groups is 1. The van der Waals surface area contributed by atoms with Gasteiger partial charge in [0.15, 0.2) is 5.96 Å². The maximum Gasteiger partial charge on any atom is 0.270 e. The summed E-state index contributed by atoms with van der Waals surface area (Å²) in [5, 5.41) is 16.8. The molecule has 0 spiro atoms. The molecule has 1 aromatic rings. The summed E-state index contributed by atoms with van der Waals surface area (Å²) < 4.78 is 26.6. The average Bonchev–Trinajstić information content (AvgIpc) is 2.54. The molecule has 1 rings (SSSR count). The van der Waals surface area contributed by atoms with E-state index in [9.17, 15) is 18.5 Å². The first-order valence-corrected chi connectivity index (χ1v) is 8.93. The molecule has 25 heavy (non-hydrogen) atoms. The standard InChI is InChI=1S/C14H23N5O4S.HI/c1-11(2)10-17-14(15-3)16-7-8-18-24(22,23)13-6-4-5-12(9-13)19(20)21;/h4-6,9,11,18H,7-8,10H2,1-3H3,(H2,15,16,17);1H. The van der Waals surface area contributed by atoms with Crippen LogP contribution in [-0.4, -0.2) is 46.0 Å². The fourth-order valence-electron chi connectivity index (χ4n) is 1.74. The molecule has 0 atom stereocenters. The molecule has 3 N–H and O–H groups in total. The molecule has 0 amide bonds. The van der Waals surface area contributed by atoms with Crippen molar-refractivity contribution in [2.24, 2.45) is 10.9 Å². The molecule has 11 heteroatoms. The van der Waals surface area contributed by atoms with Gasteiger partial charge in [0.25, 0.3) is 5.69 Å². The first-order valence-electron chi connectivity index (χ1n) is 7.45. The molecular weight excluding hydrogens is 461 g/mol. The number of nitrogens with one attached hydrogen (secondary N) is 3. The number of nitrogens with zero attached hydrogens (tertiary/aromatic N) is 2. The van der Waals surface area contributed by atoms with E-state index in [0.29, 0.717) is 18.4 Å². The minimum absolute atomic E-state index is 0. The summed E-state index contributed by atoms with van der Waals surface area (Å²) in [6, 6.07) is 4.92. The summed E-state index contributed by atoms with van der Waals surface area (Å²) in [5.74, 6) is 1.04. The van der Waals surface area contributed by atoms with Crippen molar-refractivity contribution in [1.29, 1.82) is 0 Å². The first-order chi connectivity index (χ1) is 11.3. The van der Waals surface area contributed by atoms with E-state index in [-0.39, 0.29) is 41.1 Å². The van der Waals surface area contributed by atoms with E-state index in [1.807, 2.05) is 0 Å². The van der Waals surface area contributed by atoms with Crippen LogP contribution in [0.3, 0.4) is 0 Å². The van der Waals surface area contributed by atoms with Gasteiger partial charge in [-0.05, 0) is 12.0 Å². The second-order valence-electron chi connectivity index (χ2n) is 5.43. The zero-order valence-corrected chi connectivity index (χ0v) is 17.5. The van der Waals surface area contributed by atoms with Gasteiger partial charge in [0.05, 0.1) is 9.82 Å². The van der Waals surface area contributed by atoms with Gasteiger partial charge in [0, 0.05) is 38.8 Å². The lowest BCUT2D eigenvalue weighted by Crippen LogP contribution is -2.42. The number of rotatable bonds is 8. The van der Waals surface area contributed by atoms with E-state index in [4.69, 9.17) is 0 Å². The smallest absolute Gasteiger partial charge is 0.270 e. The first kappa shape index (κ1) is 23.5. The Morgan fingerprint density at radius 1 is 1.28 bits per heavy atom. The number of hydrogen-bond donors (Lipinski definition) is 3. The van der Waals surface area contributed by atoms with Crippen LogP contribution < -0.4 is 15.4 Å². The molecule has 0 aliphatic carbocycles. The Balaban J connectivity index is 0.00000576. The Kier molecular flexibility index (Phi) is 10.5. The third-order valence-corrected chi connectivity index (χ3v) is 4.41. The Bertz CT molecular complexity index is 694. The van der Waals surface area contributed by atoms with E-state index in [1.165, 1.54) is 18.2 Å². The molecule has 1 aromatic carbocycles. The van der Waals surface area contributed by atoms with Crippen LogP contribution in [0.4, 0.5) is 5.69 Å². The van der Waals surface area contributed by atoms with E-state index in [0.717, 1.165) is 12.6 Å². The van der Waals surface area contributed by atoms with Gasteiger partial charge in [-0.2, -0.15) is 0 Å². The number of benzene rings is 1. The third kappa shape index (κ3) is 8.45. The zero-order valence-electron chi connectivity index (χ0n) is 14.4. The molecule has 0 bridgehead atoms. The van der Waals surface area contributed by atoms with E-state index >= 15 is 0 Å². The van der Waals surface area contributed by atoms with Crippen LogP contribution in [0.5, 0.6) is 0 Å². The maximum absolute atomic E-state index is 12.1. The normalized spacial score (nSPS) is 11.8. The largest absolute Gasteiger partial charge is 0.356 e. The highest BCUT2D eigenvalue weighted by Gasteiger charge is 2.16. The van der Waals surface area contributed by atoms with Crippen molar-refractivity contribution in [2.75, 3.05) is 26.7 Å². The number of guanidine groups is 1. The molecule has 0 aromatic heterocycles. The number of non-ortho nitro benzene ring substituents is 1. The summed E-state index contributed by atoms with van der Waals surface area (Å²) in [6.45, 7) is 5.32. The predicted octanol–water partition coefficient (Wildman–Crippen LogP) is 1.31. The highest BCUT2D eigenvalue weighted by Crippen LogP contribution is 2.16. The van der Waals surface area contributed by atoms with E-state index < -0.39 is 14.9 Å². The van der Waals surface area contributed by atoms with Crippen molar-refractivity contribution in [3.8, 4) is 0 Å². The molecule has 0 aliphatic rings. The van der Waals surface area contributed by atoms with Gasteiger partial charge < -0.3 is 10.6 Å². The number of nitro benzene ring substituents is 1. The summed E-state index contributed by atoms with van der Waals surface area (Å²) in [4.78, 5) is 14.0. The van der Waals surface area contributed by atoms with Gasteiger partial charge in [-0.1, -0.05) is 19.9 Å². The lowest BCUT2D eigenvalue weighted by Gasteiger charge is -2.13. The Morgan fingerprint density at radius 2 is 1.96 bits per heavy atom. The van der Waals surface area contributed by atoms with Crippen LogP contribution in [-0.2, 0) is 10.0 Å². The molecule has 0 radical (unpaired) electrons. The monoisotopic (exact) mass is 485 g/mol. The molecule has 142 valence electrons. The Morgan fingerprint density at radius 3 is 2.52 bits per heavy atom. The SMILES string of the molecule is CN=C(NCCNS(=O)(=O)c1cccc([N+](=O)[O-])c1)NCC(C)C.I. The lowest BCUT2D eigenvalue weighted by atomic mass is 10.2. The number of halogens is 1. The zero-order chi connectivity index (χ0) is 18.2. The topological polar surface area (TPSA) is 126 Å². The molecular formula is C14H24IN5O4S. The summed E-state index contributed by atoms with van der Waals surface area (Å²) in [5.41, 5.74) is -0.269. The summed E-state index contributed by atoms with van der Waals surface area (Å²) >= 11 is 0. The minimum Gasteiger partial charge on any atom is -0.356 e. The molecule has 0 fully saturated rings. The van der Waals surface area contributed by atoms with Gasteiger partial charge in [0.1, 0.15) is 0 Å². The second kappa shape index (κ2) is 11.2. The van der Waals surface area contributed by atoms with Gasteiger partial charge in [-0.25, -0.2) is 13.1 Å². The molecule has 0 aliphatic heterocycles. The highest BCUT2D eigenvalue weighted by molar-refractivity contribution is 14.0. The molecule has 0 unspecified atom stereocenters. The number of hydrogen-bond acceptors (Lipinski definition) is 5. The van der Waals surface area contributed by atoms with Gasteiger partial charge in [-0.3, -0.25) is 15.1 Å². The van der Waals surface area contributed by atoms with Gasteiger partial charge in [0.2, 0.25) is 10.0 Å². The predicted molar refractivity (Wildman–Crippen MR) is 108 cm³/mol.